The molecule has 4 aromatic rings. The van der Waals surface area contributed by atoms with Gasteiger partial charge in [0.05, 0.1) is 17.6 Å². The Hall–Kier alpha value is -3.22. The van der Waals surface area contributed by atoms with Crippen molar-refractivity contribution in [2.75, 3.05) is 6.54 Å². The molecule has 2 aromatic carbocycles. The number of pyridine rings is 1. The molecule has 150 valence electrons. The lowest BCUT2D eigenvalue weighted by Crippen LogP contribution is -2.38. The first-order chi connectivity index (χ1) is 14.6. The maximum absolute atomic E-state index is 12.6. The molecule has 30 heavy (non-hydrogen) atoms. The van der Waals surface area contributed by atoms with E-state index in [2.05, 4.69) is 15.6 Å². The molecule has 4 rings (SSSR count). The Labute approximate surface area is 182 Å². The number of amides is 2. The van der Waals surface area contributed by atoms with Crippen molar-refractivity contribution in [3.8, 4) is 0 Å². The number of rotatable bonds is 6. The van der Waals surface area contributed by atoms with Gasteiger partial charge in [0, 0.05) is 22.5 Å². The monoisotopic (exact) mass is 435 g/mol. The predicted octanol–water partition coefficient (Wildman–Crippen LogP) is 4.59. The first kappa shape index (κ1) is 20.1. The summed E-state index contributed by atoms with van der Waals surface area (Å²) in [6, 6.07) is 20.6. The molecular weight excluding hydrogens is 418 g/mol. The molecule has 0 saturated carbocycles. The van der Waals surface area contributed by atoms with E-state index in [1.807, 2.05) is 66.7 Å². The van der Waals surface area contributed by atoms with Gasteiger partial charge in [0.2, 0.25) is 5.91 Å². The first-order valence-electron chi connectivity index (χ1n) is 9.33. The van der Waals surface area contributed by atoms with E-state index in [9.17, 15) is 9.59 Å². The number of fused-ring (bicyclic) bond motifs is 1. The van der Waals surface area contributed by atoms with Gasteiger partial charge in [0.1, 0.15) is 4.88 Å². The van der Waals surface area contributed by atoms with E-state index < -0.39 is 0 Å². The van der Waals surface area contributed by atoms with Crippen molar-refractivity contribution in [1.29, 1.82) is 0 Å². The molecule has 0 fully saturated rings. The lowest BCUT2D eigenvalue weighted by Gasteiger charge is -2.20. The summed E-state index contributed by atoms with van der Waals surface area (Å²) in [5, 5.41) is 6.90. The van der Waals surface area contributed by atoms with E-state index >= 15 is 0 Å². The Bertz CT molecular complexity index is 1140. The molecule has 0 bridgehead atoms. The van der Waals surface area contributed by atoms with Crippen LogP contribution in [0.5, 0.6) is 0 Å². The van der Waals surface area contributed by atoms with E-state index in [1.165, 1.54) is 11.3 Å². The van der Waals surface area contributed by atoms with Gasteiger partial charge in [0.25, 0.3) is 5.91 Å². The number of nitrogens with zero attached hydrogens (tertiary/aromatic N) is 1. The normalized spacial score (nSPS) is 11.8. The molecule has 5 nitrogen and oxygen atoms in total. The fourth-order valence-corrected chi connectivity index (χ4v) is 4.61. The predicted molar refractivity (Wildman–Crippen MR) is 120 cm³/mol. The summed E-state index contributed by atoms with van der Waals surface area (Å²) in [7, 11) is 0. The number of halogens is 1. The molecule has 1 unspecified atom stereocenters. The van der Waals surface area contributed by atoms with Crippen LogP contribution in [0.25, 0.3) is 10.1 Å². The Morgan fingerprint density at radius 3 is 2.33 bits per heavy atom. The minimum atomic E-state index is -0.364. The zero-order valence-corrected chi connectivity index (χ0v) is 17.4. The second kappa shape index (κ2) is 9.07. The third kappa shape index (κ3) is 4.35. The molecule has 0 saturated heterocycles. The fraction of sp³-hybridized carbons (Fsp3) is 0.0870. The number of hydrogen-bond acceptors (Lipinski definition) is 4. The molecular formula is C23H18ClN3O2S. The number of hydrogen-bond donors (Lipinski definition) is 2. The van der Waals surface area contributed by atoms with Gasteiger partial charge in [0.15, 0.2) is 0 Å². The zero-order valence-electron chi connectivity index (χ0n) is 15.8. The molecule has 2 aromatic heterocycles. The largest absolute Gasteiger partial charge is 0.344 e. The van der Waals surface area contributed by atoms with Crippen molar-refractivity contribution in [3.05, 3.63) is 100 Å². The fourth-order valence-electron chi connectivity index (χ4n) is 3.17. The topological polar surface area (TPSA) is 71.1 Å². The molecule has 0 spiro atoms. The van der Waals surface area contributed by atoms with Gasteiger partial charge in [-0.05, 0) is 29.3 Å². The van der Waals surface area contributed by atoms with Gasteiger partial charge in [-0.1, -0.05) is 60.1 Å². The maximum atomic E-state index is 12.6. The summed E-state index contributed by atoms with van der Waals surface area (Å²) < 4.78 is 0.930. The molecule has 2 heterocycles. The van der Waals surface area contributed by atoms with E-state index in [-0.39, 0.29) is 24.4 Å². The third-order valence-electron chi connectivity index (χ3n) is 4.63. The van der Waals surface area contributed by atoms with Crippen molar-refractivity contribution >= 4 is 44.8 Å². The van der Waals surface area contributed by atoms with Gasteiger partial charge in [-0.3, -0.25) is 14.6 Å². The quantitative estimate of drug-likeness (QED) is 0.465. The molecule has 1 atom stereocenters. The number of carbonyl (C=O) groups excluding carboxylic acids is 2. The van der Waals surface area contributed by atoms with Crippen molar-refractivity contribution in [3.63, 3.8) is 0 Å². The van der Waals surface area contributed by atoms with Gasteiger partial charge in [-0.15, -0.1) is 11.3 Å². The summed E-state index contributed by atoms with van der Waals surface area (Å²) >= 11 is 7.66. The average Bonchev–Trinajstić information content (AvgIpc) is 3.14. The standard InChI is InChI=1S/C23H18ClN3O2S/c24-20-17-8-4-5-9-18(17)30-22(20)23(29)26-14-19(28)27-21(15-6-2-1-3-7-15)16-10-12-25-13-11-16/h1-13,21H,14H2,(H,26,29)(H,27,28). The van der Waals surface area contributed by atoms with Gasteiger partial charge in [-0.25, -0.2) is 0 Å². The Kier molecular flexibility index (Phi) is 6.07. The summed E-state index contributed by atoms with van der Waals surface area (Å²) in [4.78, 5) is 29.7. The van der Waals surface area contributed by atoms with Crippen molar-refractivity contribution in [2.45, 2.75) is 6.04 Å². The van der Waals surface area contributed by atoms with Gasteiger partial charge in [-0.2, -0.15) is 0 Å². The number of thiophene rings is 1. The molecule has 2 N–H and O–H groups in total. The highest BCUT2D eigenvalue weighted by Crippen LogP contribution is 2.34. The second-order valence-corrected chi connectivity index (χ2v) is 8.05. The second-order valence-electron chi connectivity index (χ2n) is 6.62. The average molecular weight is 436 g/mol. The van der Waals surface area contributed by atoms with Crippen LogP contribution < -0.4 is 10.6 Å². The summed E-state index contributed by atoms with van der Waals surface area (Å²) in [6.07, 6.45) is 3.37. The van der Waals surface area contributed by atoms with Crippen LogP contribution in [-0.2, 0) is 4.79 Å². The van der Waals surface area contributed by atoms with E-state index in [1.54, 1.807) is 12.4 Å². The SMILES string of the molecule is O=C(CNC(=O)c1sc2ccccc2c1Cl)NC(c1ccccc1)c1ccncc1. The Morgan fingerprint density at radius 2 is 1.60 bits per heavy atom. The molecule has 0 aliphatic heterocycles. The van der Waals surface area contributed by atoms with Crippen LogP contribution in [0.4, 0.5) is 0 Å². The molecule has 2 amide bonds. The van der Waals surface area contributed by atoms with Crippen molar-refractivity contribution in [2.24, 2.45) is 0 Å². The highest BCUT2D eigenvalue weighted by molar-refractivity contribution is 7.21. The van der Waals surface area contributed by atoms with Crippen LogP contribution in [0.15, 0.2) is 79.1 Å². The van der Waals surface area contributed by atoms with Crippen LogP contribution in [-0.4, -0.2) is 23.3 Å². The molecule has 7 heteroatoms. The lowest BCUT2D eigenvalue weighted by molar-refractivity contribution is -0.120. The van der Waals surface area contributed by atoms with Crippen LogP contribution in [0.2, 0.25) is 5.02 Å². The number of nitrogens with one attached hydrogen (secondary N) is 2. The van der Waals surface area contributed by atoms with Crippen LogP contribution >= 0.6 is 22.9 Å². The lowest BCUT2D eigenvalue weighted by atomic mass is 10.00. The smallest absolute Gasteiger partial charge is 0.263 e. The summed E-state index contributed by atoms with van der Waals surface area (Å²) in [6.45, 7) is -0.155. The Morgan fingerprint density at radius 1 is 0.933 bits per heavy atom. The number of aromatic nitrogens is 1. The van der Waals surface area contributed by atoms with E-state index in [0.29, 0.717) is 9.90 Å². The van der Waals surface area contributed by atoms with Gasteiger partial charge < -0.3 is 10.6 Å². The summed E-state index contributed by atoms with van der Waals surface area (Å²) in [5.41, 5.74) is 1.85. The van der Waals surface area contributed by atoms with Crippen LogP contribution in [0, 0.1) is 0 Å². The van der Waals surface area contributed by atoms with Crippen molar-refractivity contribution < 1.29 is 9.59 Å². The Balaban J connectivity index is 1.46. The highest BCUT2D eigenvalue weighted by Gasteiger charge is 2.20. The zero-order chi connectivity index (χ0) is 20.9. The molecule has 0 aliphatic rings. The van der Waals surface area contributed by atoms with Gasteiger partial charge >= 0.3 is 0 Å². The number of benzene rings is 2. The molecule has 0 aliphatic carbocycles. The first-order valence-corrected chi connectivity index (χ1v) is 10.5. The highest BCUT2D eigenvalue weighted by atomic mass is 35.5. The molecule has 0 radical (unpaired) electrons. The van der Waals surface area contributed by atoms with E-state index in [0.717, 1.165) is 21.2 Å². The minimum Gasteiger partial charge on any atom is -0.344 e. The van der Waals surface area contributed by atoms with Crippen LogP contribution in [0.1, 0.15) is 26.8 Å². The van der Waals surface area contributed by atoms with Crippen molar-refractivity contribution in [1.82, 2.24) is 15.6 Å². The van der Waals surface area contributed by atoms with Crippen LogP contribution in [0.3, 0.4) is 0 Å². The number of carbonyl (C=O) groups is 2. The van der Waals surface area contributed by atoms with E-state index in [4.69, 9.17) is 11.6 Å². The maximum Gasteiger partial charge on any atom is 0.263 e. The minimum absolute atomic E-state index is 0.155. The summed E-state index contributed by atoms with van der Waals surface area (Å²) in [5.74, 6) is -0.664. The third-order valence-corrected chi connectivity index (χ3v) is 6.30.